The Labute approximate surface area is 87.8 Å². The Morgan fingerprint density at radius 1 is 1.14 bits per heavy atom. The van der Waals surface area contributed by atoms with Crippen LogP contribution < -0.4 is 0 Å². The van der Waals surface area contributed by atoms with E-state index in [0.717, 1.165) is 6.42 Å². The summed E-state index contributed by atoms with van der Waals surface area (Å²) in [6.45, 7) is 7.27. The first-order chi connectivity index (χ1) is 6.54. The quantitative estimate of drug-likeness (QED) is 0.754. The van der Waals surface area contributed by atoms with Crippen LogP contribution >= 0.6 is 0 Å². The lowest BCUT2D eigenvalue weighted by molar-refractivity contribution is 0.285. The van der Waals surface area contributed by atoms with Crippen molar-refractivity contribution < 1.29 is 5.11 Å². The summed E-state index contributed by atoms with van der Waals surface area (Å²) in [4.78, 5) is 0. The summed E-state index contributed by atoms with van der Waals surface area (Å²) in [7, 11) is -1.22. The lowest BCUT2D eigenvalue weighted by atomic mass is 10.1. The summed E-state index contributed by atoms with van der Waals surface area (Å²) in [5, 5.41) is 9.36. The van der Waals surface area contributed by atoms with Crippen molar-refractivity contribution >= 4 is 8.07 Å². The number of aliphatic hydroxyl groups excluding tert-OH is 1. The molecular weight excluding hydrogens is 188 g/mol. The normalized spacial score (nSPS) is 14.0. The van der Waals surface area contributed by atoms with Crippen molar-refractivity contribution in [3.63, 3.8) is 0 Å². The summed E-state index contributed by atoms with van der Waals surface area (Å²) in [5.41, 5.74) is 1.82. The third kappa shape index (κ3) is 3.27. The van der Waals surface area contributed by atoms with Crippen LogP contribution in [0.2, 0.25) is 25.2 Å². The molecule has 1 N–H and O–H groups in total. The predicted octanol–water partition coefficient (Wildman–Crippen LogP) is 2.93. The van der Waals surface area contributed by atoms with Gasteiger partial charge in [0, 0.05) is 6.61 Å². The molecule has 0 saturated carbocycles. The van der Waals surface area contributed by atoms with Crippen LogP contribution in [-0.4, -0.2) is 19.8 Å². The van der Waals surface area contributed by atoms with Gasteiger partial charge in [-0.15, -0.1) is 0 Å². The molecule has 0 aliphatic heterocycles. The largest absolute Gasteiger partial charge is 0.396 e. The monoisotopic (exact) mass is 208 g/mol. The molecule has 0 fully saturated rings. The molecule has 0 radical (unpaired) electrons. The number of rotatable bonds is 4. The molecule has 0 heterocycles. The van der Waals surface area contributed by atoms with Gasteiger partial charge in [-0.05, 0) is 17.5 Å². The first-order valence-electron chi connectivity index (χ1n) is 5.19. The second-order valence-electron chi connectivity index (χ2n) is 4.94. The average molecular weight is 208 g/mol. The van der Waals surface area contributed by atoms with Crippen LogP contribution in [-0.2, 0) is 6.42 Å². The zero-order chi connectivity index (χ0) is 10.6. The third-order valence-corrected chi connectivity index (χ3v) is 5.61. The van der Waals surface area contributed by atoms with Crippen LogP contribution in [0.15, 0.2) is 30.3 Å². The molecule has 0 amide bonds. The van der Waals surface area contributed by atoms with Crippen LogP contribution in [0, 0.1) is 0 Å². The second-order valence-corrected chi connectivity index (χ2v) is 10.5. The molecule has 1 atom stereocenters. The van der Waals surface area contributed by atoms with E-state index in [-0.39, 0.29) is 0 Å². The van der Waals surface area contributed by atoms with E-state index in [9.17, 15) is 5.11 Å². The maximum absolute atomic E-state index is 9.36. The lowest BCUT2D eigenvalue weighted by Gasteiger charge is -2.27. The van der Waals surface area contributed by atoms with Crippen molar-refractivity contribution in [3.05, 3.63) is 35.9 Å². The molecule has 0 bridgehead atoms. The summed E-state index contributed by atoms with van der Waals surface area (Å²) < 4.78 is 0. The van der Waals surface area contributed by atoms with Crippen molar-refractivity contribution in [3.8, 4) is 0 Å². The van der Waals surface area contributed by atoms with Crippen LogP contribution in [0.25, 0.3) is 0 Å². The van der Waals surface area contributed by atoms with E-state index in [2.05, 4.69) is 43.9 Å². The Balaban J connectivity index is 2.67. The molecule has 2 heteroatoms. The second kappa shape index (κ2) is 4.76. The Morgan fingerprint density at radius 2 is 1.71 bits per heavy atom. The summed E-state index contributed by atoms with van der Waals surface area (Å²) in [5.74, 6) is 0. The Hall–Kier alpha value is -0.603. The van der Waals surface area contributed by atoms with Crippen molar-refractivity contribution in [1.82, 2.24) is 0 Å². The first kappa shape index (κ1) is 11.5. The standard InChI is InChI=1S/C12H20OSi/c1-14(2,3)12(10-13)9-11-7-5-4-6-8-11/h4-8,12-13H,9-10H2,1-3H3/t12-/m0/s1. The zero-order valence-corrected chi connectivity index (χ0v) is 10.3. The Morgan fingerprint density at radius 3 is 2.14 bits per heavy atom. The molecule has 78 valence electrons. The molecule has 1 rings (SSSR count). The summed E-state index contributed by atoms with van der Waals surface area (Å²) >= 11 is 0. The van der Waals surface area contributed by atoms with E-state index >= 15 is 0 Å². The van der Waals surface area contributed by atoms with Crippen molar-refractivity contribution in [2.24, 2.45) is 0 Å². The van der Waals surface area contributed by atoms with Crippen molar-refractivity contribution in [2.75, 3.05) is 6.61 Å². The van der Waals surface area contributed by atoms with E-state index in [0.29, 0.717) is 12.1 Å². The van der Waals surface area contributed by atoms with Gasteiger partial charge < -0.3 is 5.11 Å². The zero-order valence-electron chi connectivity index (χ0n) is 9.33. The van der Waals surface area contributed by atoms with Gasteiger partial charge in [-0.1, -0.05) is 50.0 Å². The topological polar surface area (TPSA) is 20.2 Å². The van der Waals surface area contributed by atoms with Gasteiger partial charge >= 0.3 is 0 Å². The van der Waals surface area contributed by atoms with Crippen molar-refractivity contribution in [2.45, 2.75) is 31.6 Å². The fraction of sp³-hybridized carbons (Fsp3) is 0.500. The highest BCUT2D eigenvalue weighted by atomic mass is 28.3. The fourth-order valence-corrected chi connectivity index (χ4v) is 2.94. The molecule has 0 spiro atoms. The maximum atomic E-state index is 9.36. The van der Waals surface area contributed by atoms with Gasteiger partial charge in [-0.2, -0.15) is 0 Å². The van der Waals surface area contributed by atoms with Gasteiger partial charge in [0.2, 0.25) is 0 Å². The van der Waals surface area contributed by atoms with E-state index in [1.54, 1.807) is 0 Å². The third-order valence-electron chi connectivity index (χ3n) is 2.77. The molecule has 1 nitrogen and oxygen atoms in total. The molecule has 0 aromatic heterocycles. The van der Waals surface area contributed by atoms with Crippen LogP contribution in [0.4, 0.5) is 0 Å². The number of benzene rings is 1. The maximum Gasteiger partial charge on any atom is 0.0504 e. The summed E-state index contributed by atoms with van der Waals surface area (Å²) in [6.07, 6.45) is 1.02. The predicted molar refractivity (Wildman–Crippen MR) is 64.3 cm³/mol. The molecule has 1 aromatic carbocycles. The molecule has 0 aliphatic carbocycles. The molecule has 1 aromatic rings. The molecule has 14 heavy (non-hydrogen) atoms. The van der Waals surface area contributed by atoms with E-state index in [1.165, 1.54) is 5.56 Å². The van der Waals surface area contributed by atoms with Crippen molar-refractivity contribution in [1.29, 1.82) is 0 Å². The average Bonchev–Trinajstić information content (AvgIpc) is 2.14. The van der Waals surface area contributed by atoms with Crippen LogP contribution in [0.5, 0.6) is 0 Å². The molecular formula is C12H20OSi. The lowest BCUT2D eigenvalue weighted by Crippen LogP contribution is -2.32. The van der Waals surface area contributed by atoms with Gasteiger partial charge in [0.15, 0.2) is 0 Å². The molecule has 0 aliphatic rings. The van der Waals surface area contributed by atoms with Gasteiger partial charge in [0.05, 0.1) is 8.07 Å². The van der Waals surface area contributed by atoms with E-state index < -0.39 is 8.07 Å². The van der Waals surface area contributed by atoms with Gasteiger partial charge in [-0.25, -0.2) is 0 Å². The Bertz CT molecular complexity index is 263. The Kier molecular flexibility index (Phi) is 3.90. The highest BCUT2D eigenvalue weighted by molar-refractivity contribution is 6.77. The minimum Gasteiger partial charge on any atom is -0.396 e. The van der Waals surface area contributed by atoms with E-state index in [4.69, 9.17) is 0 Å². The molecule has 0 unspecified atom stereocenters. The number of hydrogen-bond donors (Lipinski definition) is 1. The number of aliphatic hydroxyl groups is 1. The van der Waals surface area contributed by atoms with Gasteiger partial charge in [0.25, 0.3) is 0 Å². The van der Waals surface area contributed by atoms with Gasteiger partial charge in [0.1, 0.15) is 0 Å². The smallest absolute Gasteiger partial charge is 0.0504 e. The fourth-order valence-electron chi connectivity index (χ4n) is 1.54. The highest BCUT2D eigenvalue weighted by Gasteiger charge is 2.25. The van der Waals surface area contributed by atoms with Crippen LogP contribution in [0.3, 0.4) is 0 Å². The minimum absolute atomic E-state index is 0.324. The SMILES string of the molecule is C[Si](C)(C)[C@H](CO)Cc1ccccc1. The minimum atomic E-state index is -1.22. The van der Waals surface area contributed by atoms with Gasteiger partial charge in [-0.3, -0.25) is 0 Å². The number of hydrogen-bond acceptors (Lipinski definition) is 1. The summed E-state index contributed by atoms with van der Waals surface area (Å²) in [6, 6.07) is 10.4. The highest BCUT2D eigenvalue weighted by Crippen LogP contribution is 2.25. The van der Waals surface area contributed by atoms with Crippen LogP contribution in [0.1, 0.15) is 5.56 Å². The molecule has 0 saturated heterocycles. The van der Waals surface area contributed by atoms with E-state index in [1.807, 2.05) is 6.07 Å². The first-order valence-corrected chi connectivity index (χ1v) is 8.76.